The van der Waals surface area contributed by atoms with Crippen LogP contribution in [0.3, 0.4) is 0 Å². The molecule has 0 amide bonds. The number of hydrogen-bond acceptors (Lipinski definition) is 0. The number of hydrogen-bond donors (Lipinski definition) is 0. The number of rotatable bonds is 5. The maximum atomic E-state index is 4.93. The molecular weight excluding hydrogens is 739 g/mol. The molecule has 47 heavy (non-hydrogen) atoms. The molecule has 6 rings (SSSR count). The van der Waals surface area contributed by atoms with Gasteiger partial charge in [-0.05, 0) is 17.5 Å². The maximum absolute atomic E-state index is 4.93. The summed E-state index contributed by atoms with van der Waals surface area (Å²) < 4.78 is 0. The van der Waals surface area contributed by atoms with Crippen LogP contribution in [0.15, 0.2) is 109 Å². The standard InChI is InChI=1S/C20H23Si.C19H21Si.C2H6Si.2ClH.Zr/c1-5-15-13-17-7-6-8-19(20(17)14-15)16-9-11-18(12-10-16)21(2,3)4;1-14-12-16-6-5-7-18(19(16)13-14)15-8-10-17(11-9-15)20(2,3)4;1-3-2;;;/h6-14H,5H2,1-4H3;5-13H,1-4H3;1-2H3;2*1H;/q2*-1;;;;+4/p-2. The fraction of sp³-hybridized carbons (Fsp3) is 0.268. The van der Waals surface area contributed by atoms with E-state index < -0.39 is 37.0 Å². The van der Waals surface area contributed by atoms with Crippen molar-refractivity contribution in [2.24, 2.45) is 0 Å². The van der Waals surface area contributed by atoms with Gasteiger partial charge in [0.1, 0.15) is 0 Å². The average molecular weight is 789 g/mol. The fourth-order valence-corrected chi connectivity index (χ4v) is 8.02. The van der Waals surface area contributed by atoms with Gasteiger partial charge in [-0.2, -0.15) is 12.1 Å². The van der Waals surface area contributed by atoms with Gasteiger partial charge < -0.3 is 0 Å². The molecule has 0 bridgehead atoms. The van der Waals surface area contributed by atoms with Gasteiger partial charge in [0.25, 0.3) is 0 Å². The van der Waals surface area contributed by atoms with Gasteiger partial charge in [0, 0.05) is 9.52 Å². The van der Waals surface area contributed by atoms with Gasteiger partial charge in [-0.25, -0.2) is 0 Å². The summed E-state index contributed by atoms with van der Waals surface area (Å²) in [6.45, 7) is 23.1. The molecule has 6 aromatic rings. The molecular formula is C41H50Cl2Si3Zr. The average Bonchev–Trinajstić information content (AvgIpc) is 3.64. The Kier molecular flexibility index (Phi) is 15.4. The zero-order chi connectivity index (χ0) is 34.8. The van der Waals surface area contributed by atoms with E-state index in [-0.39, 0.29) is 0 Å². The van der Waals surface area contributed by atoms with Crippen LogP contribution in [0.1, 0.15) is 18.1 Å². The van der Waals surface area contributed by atoms with Crippen LogP contribution >= 0.6 is 17.0 Å². The molecule has 0 heterocycles. The second-order valence-electron chi connectivity index (χ2n) is 14.1. The van der Waals surface area contributed by atoms with Crippen LogP contribution in [0, 0.1) is 6.92 Å². The van der Waals surface area contributed by atoms with Crippen LogP contribution in [0.4, 0.5) is 0 Å². The molecule has 0 fully saturated rings. The van der Waals surface area contributed by atoms with Crippen LogP contribution in [0.25, 0.3) is 43.8 Å². The van der Waals surface area contributed by atoms with Gasteiger partial charge in [0.2, 0.25) is 0 Å². The van der Waals surface area contributed by atoms with E-state index in [9.17, 15) is 0 Å². The summed E-state index contributed by atoms with van der Waals surface area (Å²) in [7, 11) is 8.53. The third-order valence-corrected chi connectivity index (χ3v) is 12.4. The molecule has 0 aliphatic heterocycles. The van der Waals surface area contributed by atoms with Gasteiger partial charge in [0.15, 0.2) is 0 Å². The number of aryl methyl sites for hydroxylation is 2. The molecule has 244 valence electrons. The monoisotopic (exact) mass is 786 g/mol. The molecule has 0 aromatic heterocycles. The first-order valence-electron chi connectivity index (χ1n) is 16.4. The van der Waals surface area contributed by atoms with E-state index in [1.54, 1.807) is 0 Å². The van der Waals surface area contributed by atoms with Crippen molar-refractivity contribution < 1.29 is 20.8 Å². The predicted octanol–water partition coefficient (Wildman–Crippen LogP) is 12.6. The van der Waals surface area contributed by atoms with E-state index in [0.29, 0.717) is 0 Å². The Labute approximate surface area is 308 Å². The molecule has 0 aliphatic carbocycles. The zero-order valence-electron chi connectivity index (χ0n) is 29.9. The van der Waals surface area contributed by atoms with Gasteiger partial charge in [-0.1, -0.05) is 148 Å². The van der Waals surface area contributed by atoms with Crippen LogP contribution < -0.4 is 10.4 Å². The Bertz CT molecular complexity index is 1820. The van der Waals surface area contributed by atoms with E-state index in [4.69, 9.17) is 17.0 Å². The second kappa shape index (κ2) is 18.3. The minimum atomic E-state index is -1.21. The van der Waals surface area contributed by atoms with Crippen molar-refractivity contribution in [3.8, 4) is 22.3 Å². The van der Waals surface area contributed by atoms with Crippen LogP contribution in [0.2, 0.25) is 52.4 Å². The molecule has 0 saturated heterocycles. The summed E-state index contributed by atoms with van der Waals surface area (Å²) in [5.41, 5.74) is 8.12. The second-order valence-corrected chi connectivity index (χ2v) is 29.0. The first-order chi connectivity index (χ1) is 22.3. The van der Waals surface area contributed by atoms with Crippen LogP contribution in [-0.2, 0) is 27.3 Å². The predicted molar refractivity (Wildman–Crippen MR) is 219 cm³/mol. The molecule has 0 unspecified atom stereocenters. The summed E-state index contributed by atoms with van der Waals surface area (Å²) in [4.78, 5) is 0. The molecule has 6 heteroatoms. The molecule has 0 aliphatic rings. The van der Waals surface area contributed by atoms with Gasteiger partial charge in [-0.3, -0.25) is 0 Å². The minimum absolute atomic E-state index is 0.826. The molecule has 0 atom stereocenters. The SMILES string of the molecule is CCc1cc2c(-c3ccc([Si](C)(C)C)cc3)cccc2[cH-]1.C[Si]C.Cc1cc2c(-c3ccc([Si](C)(C)C)cc3)cccc2[cH-]1.[Cl][Zr+2][Cl]. The van der Waals surface area contributed by atoms with Crippen molar-refractivity contribution in [1.82, 2.24) is 0 Å². The third kappa shape index (κ3) is 11.1. The normalized spacial score (nSPS) is 11.1. The van der Waals surface area contributed by atoms with E-state index in [0.717, 1.165) is 15.9 Å². The Hall–Kier alpha value is -1.79. The summed E-state index contributed by atoms with van der Waals surface area (Å²) in [5, 5.41) is 8.50. The Balaban J connectivity index is 0.000000219. The summed E-state index contributed by atoms with van der Waals surface area (Å²) >= 11 is -0.826. The Morgan fingerprint density at radius 1 is 0.617 bits per heavy atom. The number of halogens is 2. The molecule has 0 nitrogen and oxygen atoms in total. The number of benzene rings is 4. The summed E-state index contributed by atoms with van der Waals surface area (Å²) in [5.74, 6) is 0. The van der Waals surface area contributed by atoms with Crippen LogP contribution in [-0.4, -0.2) is 25.7 Å². The van der Waals surface area contributed by atoms with E-state index in [1.807, 2.05) is 0 Å². The quantitative estimate of drug-likeness (QED) is 0.121. The van der Waals surface area contributed by atoms with Crippen molar-refractivity contribution in [2.45, 2.75) is 72.6 Å². The van der Waals surface area contributed by atoms with Crippen molar-refractivity contribution in [1.29, 1.82) is 0 Å². The fourth-order valence-electron chi connectivity index (χ4n) is 5.69. The third-order valence-electron chi connectivity index (χ3n) is 8.24. The molecule has 0 saturated carbocycles. The molecule has 0 spiro atoms. The zero-order valence-corrected chi connectivity index (χ0v) is 36.8. The van der Waals surface area contributed by atoms with Crippen molar-refractivity contribution in [3.63, 3.8) is 0 Å². The van der Waals surface area contributed by atoms with E-state index in [1.165, 1.54) is 65.3 Å². The number of fused-ring (bicyclic) bond motifs is 2. The topological polar surface area (TPSA) is 0 Å². The first-order valence-corrected chi connectivity index (χ1v) is 31.7. The van der Waals surface area contributed by atoms with Crippen molar-refractivity contribution in [3.05, 3.63) is 120 Å². The van der Waals surface area contributed by atoms with E-state index >= 15 is 0 Å². The Morgan fingerprint density at radius 2 is 1.00 bits per heavy atom. The molecule has 6 aromatic carbocycles. The van der Waals surface area contributed by atoms with E-state index in [2.05, 4.69) is 175 Å². The van der Waals surface area contributed by atoms with Gasteiger partial charge >= 0.3 is 37.9 Å². The molecule has 2 radical (unpaired) electrons. The van der Waals surface area contributed by atoms with Gasteiger partial charge in [-0.15, -0.1) is 69.1 Å². The Morgan fingerprint density at radius 3 is 1.38 bits per heavy atom. The summed E-state index contributed by atoms with van der Waals surface area (Å²) in [6, 6.07) is 40.8. The van der Waals surface area contributed by atoms with Crippen molar-refractivity contribution >= 4 is 74.6 Å². The molecule has 0 N–H and O–H groups in total. The van der Waals surface area contributed by atoms with Gasteiger partial charge in [0.05, 0.1) is 16.1 Å². The summed E-state index contributed by atoms with van der Waals surface area (Å²) in [6.07, 6.45) is 1.10. The van der Waals surface area contributed by atoms with Crippen molar-refractivity contribution in [2.75, 3.05) is 0 Å². The van der Waals surface area contributed by atoms with Crippen LogP contribution in [0.5, 0.6) is 0 Å². The first kappa shape index (κ1) is 39.7.